The number of amides is 2. The lowest BCUT2D eigenvalue weighted by Crippen LogP contribution is -2.48. The van der Waals surface area contributed by atoms with Gasteiger partial charge in [0, 0.05) is 23.9 Å². The van der Waals surface area contributed by atoms with Crippen molar-refractivity contribution >= 4 is 52.5 Å². The van der Waals surface area contributed by atoms with Crippen molar-refractivity contribution in [3.05, 3.63) is 22.2 Å². The van der Waals surface area contributed by atoms with E-state index in [9.17, 15) is 14.7 Å². The summed E-state index contributed by atoms with van der Waals surface area (Å²) in [5, 5.41) is 13.1. The Morgan fingerprint density at radius 3 is 2.75 bits per heavy atom. The van der Waals surface area contributed by atoms with Crippen molar-refractivity contribution < 1.29 is 14.7 Å². The molecule has 1 saturated heterocycles. The molecule has 3 aliphatic rings. The standard InChI is InChI=1S/C16H16Cl2N2O3S/c17-10-5-12-13(6-11(10)18)24-16(15(23)19-12)1-2-20(7-16)14(22)8-3-9(21)4-8/h5-6,8-9,21H,1-4,7H2,(H,19,23)/t8-,9-,16-/m0/s1. The molecule has 1 aliphatic carbocycles. The summed E-state index contributed by atoms with van der Waals surface area (Å²) in [6.07, 6.45) is 1.29. The zero-order valence-corrected chi connectivity index (χ0v) is 15.0. The maximum atomic E-state index is 12.7. The van der Waals surface area contributed by atoms with Crippen LogP contribution in [0.4, 0.5) is 5.69 Å². The lowest BCUT2D eigenvalue weighted by Gasteiger charge is -2.35. The van der Waals surface area contributed by atoms with Crippen LogP contribution < -0.4 is 5.32 Å². The van der Waals surface area contributed by atoms with Crippen LogP contribution in [0.1, 0.15) is 19.3 Å². The summed E-state index contributed by atoms with van der Waals surface area (Å²) < 4.78 is -0.678. The predicted molar refractivity (Wildman–Crippen MR) is 93.6 cm³/mol. The van der Waals surface area contributed by atoms with E-state index >= 15 is 0 Å². The number of nitrogens with zero attached hydrogens (tertiary/aromatic N) is 1. The SMILES string of the molecule is O=C1Nc2cc(Cl)c(Cl)cc2S[C@]12CCN(C(=O)[C@H]1C[C@H](O)C1)C2. The van der Waals surface area contributed by atoms with Crippen molar-refractivity contribution in [3.63, 3.8) is 0 Å². The minimum Gasteiger partial charge on any atom is -0.393 e. The molecule has 128 valence electrons. The molecule has 2 fully saturated rings. The number of aliphatic hydroxyl groups excluding tert-OH is 1. The molecule has 5 nitrogen and oxygen atoms in total. The third-order valence-electron chi connectivity index (χ3n) is 5.00. The fraction of sp³-hybridized carbons (Fsp3) is 0.500. The van der Waals surface area contributed by atoms with Crippen LogP contribution in [-0.2, 0) is 9.59 Å². The van der Waals surface area contributed by atoms with Gasteiger partial charge in [0.1, 0.15) is 4.75 Å². The summed E-state index contributed by atoms with van der Waals surface area (Å²) >= 11 is 13.6. The van der Waals surface area contributed by atoms with Crippen LogP contribution in [0, 0.1) is 5.92 Å². The highest BCUT2D eigenvalue weighted by atomic mass is 35.5. The molecular weight excluding hydrogens is 371 g/mol. The van der Waals surface area contributed by atoms with Crippen LogP contribution >= 0.6 is 35.0 Å². The summed E-state index contributed by atoms with van der Waals surface area (Å²) in [4.78, 5) is 27.8. The second-order valence-corrected chi connectivity index (χ2v) is 8.88. The van der Waals surface area contributed by atoms with Crippen LogP contribution in [-0.4, -0.2) is 45.8 Å². The average Bonchev–Trinajstić information content (AvgIpc) is 2.92. The van der Waals surface area contributed by atoms with Gasteiger partial charge in [-0.3, -0.25) is 9.59 Å². The average molecular weight is 387 g/mol. The second kappa shape index (κ2) is 5.80. The molecule has 8 heteroatoms. The highest BCUT2D eigenvalue weighted by Crippen LogP contribution is 2.49. The Kier molecular flexibility index (Phi) is 3.99. The first kappa shape index (κ1) is 16.5. The van der Waals surface area contributed by atoms with Crippen molar-refractivity contribution in [1.29, 1.82) is 0 Å². The number of halogens is 2. The lowest BCUT2D eigenvalue weighted by molar-refractivity contribution is -0.141. The summed E-state index contributed by atoms with van der Waals surface area (Å²) in [6, 6.07) is 3.42. The topological polar surface area (TPSA) is 69.6 Å². The van der Waals surface area contributed by atoms with E-state index in [1.807, 2.05) is 0 Å². The number of carbonyl (C=O) groups excluding carboxylic acids is 2. The second-order valence-electron chi connectivity index (χ2n) is 6.64. The Balaban J connectivity index is 1.54. The van der Waals surface area contributed by atoms with E-state index in [-0.39, 0.29) is 23.8 Å². The van der Waals surface area contributed by atoms with Crippen LogP contribution in [0.5, 0.6) is 0 Å². The lowest BCUT2D eigenvalue weighted by atomic mass is 9.81. The van der Waals surface area contributed by atoms with Gasteiger partial charge in [-0.25, -0.2) is 0 Å². The van der Waals surface area contributed by atoms with E-state index in [1.54, 1.807) is 17.0 Å². The minimum atomic E-state index is -0.678. The van der Waals surface area contributed by atoms with E-state index in [2.05, 4.69) is 5.32 Å². The summed E-state index contributed by atoms with van der Waals surface area (Å²) in [7, 11) is 0. The molecule has 0 aromatic heterocycles. The van der Waals surface area contributed by atoms with Gasteiger partial charge >= 0.3 is 0 Å². The quantitative estimate of drug-likeness (QED) is 0.778. The third kappa shape index (κ3) is 2.60. The molecule has 1 saturated carbocycles. The number of fused-ring (bicyclic) bond motifs is 1. The zero-order valence-electron chi connectivity index (χ0n) is 12.7. The number of thioether (sulfide) groups is 1. The molecule has 1 aromatic rings. The summed E-state index contributed by atoms with van der Waals surface area (Å²) in [5.41, 5.74) is 0.664. The van der Waals surface area contributed by atoms with Gasteiger partial charge in [-0.15, -0.1) is 11.8 Å². The third-order valence-corrected chi connectivity index (χ3v) is 7.18. The first-order chi connectivity index (χ1) is 11.4. The van der Waals surface area contributed by atoms with Gasteiger partial charge in [0.05, 0.1) is 21.8 Å². The summed E-state index contributed by atoms with van der Waals surface area (Å²) in [6.45, 7) is 0.942. The van der Waals surface area contributed by atoms with E-state index in [1.165, 1.54) is 11.8 Å². The number of benzene rings is 1. The number of hydrogen-bond acceptors (Lipinski definition) is 4. The van der Waals surface area contributed by atoms with E-state index < -0.39 is 4.75 Å². The van der Waals surface area contributed by atoms with E-state index in [4.69, 9.17) is 23.2 Å². The van der Waals surface area contributed by atoms with Crippen LogP contribution in [0.25, 0.3) is 0 Å². The summed E-state index contributed by atoms with van der Waals surface area (Å²) in [5.74, 6) is -0.153. The largest absolute Gasteiger partial charge is 0.393 e. The smallest absolute Gasteiger partial charge is 0.242 e. The molecule has 2 N–H and O–H groups in total. The monoisotopic (exact) mass is 386 g/mol. The molecular formula is C16H16Cl2N2O3S. The minimum absolute atomic E-state index is 0.0468. The first-order valence-corrected chi connectivity index (χ1v) is 9.41. The fourth-order valence-electron chi connectivity index (χ4n) is 3.49. The molecule has 1 aromatic carbocycles. The first-order valence-electron chi connectivity index (χ1n) is 7.84. The molecule has 2 aliphatic heterocycles. The number of aliphatic hydroxyl groups is 1. The van der Waals surface area contributed by atoms with Gasteiger partial charge in [0.15, 0.2) is 0 Å². The Labute approximate surface area is 153 Å². The zero-order chi connectivity index (χ0) is 17.1. The molecule has 24 heavy (non-hydrogen) atoms. The maximum Gasteiger partial charge on any atom is 0.242 e. The predicted octanol–water partition coefficient (Wildman–Crippen LogP) is 2.78. The van der Waals surface area contributed by atoms with Gasteiger partial charge in [-0.1, -0.05) is 23.2 Å². The maximum absolute atomic E-state index is 12.7. The van der Waals surface area contributed by atoms with Crippen molar-refractivity contribution in [2.24, 2.45) is 5.92 Å². The number of carbonyl (C=O) groups is 2. The van der Waals surface area contributed by atoms with Gasteiger partial charge in [-0.05, 0) is 31.4 Å². The molecule has 2 amide bonds. The van der Waals surface area contributed by atoms with Crippen molar-refractivity contribution in [1.82, 2.24) is 4.90 Å². The Morgan fingerprint density at radius 1 is 1.33 bits per heavy atom. The number of anilines is 1. The highest BCUT2D eigenvalue weighted by Gasteiger charge is 2.51. The van der Waals surface area contributed by atoms with Gasteiger partial charge in [0.2, 0.25) is 11.8 Å². The number of likely N-dealkylation sites (tertiary alicyclic amines) is 1. The number of rotatable bonds is 1. The van der Waals surface area contributed by atoms with Crippen molar-refractivity contribution in [2.75, 3.05) is 18.4 Å². The highest BCUT2D eigenvalue weighted by molar-refractivity contribution is 8.01. The van der Waals surface area contributed by atoms with Crippen molar-refractivity contribution in [3.8, 4) is 0 Å². The van der Waals surface area contributed by atoms with Crippen LogP contribution in [0.2, 0.25) is 10.0 Å². The van der Waals surface area contributed by atoms with Gasteiger partial charge in [-0.2, -0.15) is 0 Å². The normalized spacial score (nSPS) is 31.6. The van der Waals surface area contributed by atoms with Crippen LogP contribution in [0.3, 0.4) is 0 Å². The van der Waals surface area contributed by atoms with Gasteiger partial charge in [0.25, 0.3) is 0 Å². The fourth-order valence-corrected chi connectivity index (χ4v) is 5.26. The Hall–Kier alpha value is -0.950. The van der Waals surface area contributed by atoms with Crippen molar-refractivity contribution in [2.45, 2.75) is 35.0 Å². The molecule has 0 radical (unpaired) electrons. The van der Waals surface area contributed by atoms with E-state index in [0.717, 1.165) is 4.90 Å². The molecule has 2 heterocycles. The Bertz CT molecular complexity index is 738. The molecule has 4 rings (SSSR count). The Morgan fingerprint density at radius 2 is 2.04 bits per heavy atom. The molecule has 1 atom stereocenters. The number of nitrogens with one attached hydrogen (secondary N) is 1. The number of hydrogen-bond donors (Lipinski definition) is 2. The van der Waals surface area contributed by atoms with Crippen LogP contribution in [0.15, 0.2) is 17.0 Å². The molecule has 0 unspecified atom stereocenters. The molecule has 1 spiro atoms. The molecule has 0 bridgehead atoms. The van der Waals surface area contributed by atoms with E-state index in [0.29, 0.717) is 48.1 Å². The van der Waals surface area contributed by atoms with Gasteiger partial charge < -0.3 is 15.3 Å².